The molecule has 2 aromatic carbocycles. The molecule has 3 amide bonds. The molecule has 1 aliphatic carbocycles. The van der Waals surface area contributed by atoms with E-state index >= 15 is 0 Å². The molecule has 188 valence electrons. The van der Waals surface area contributed by atoms with E-state index in [9.17, 15) is 23.9 Å². The second-order valence-corrected chi connectivity index (χ2v) is 10.4. The van der Waals surface area contributed by atoms with E-state index in [1.54, 1.807) is 32.0 Å². The number of rotatable bonds is 8. The minimum absolute atomic E-state index is 0.00982. The summed E-state index contributed by atoms with van der Waals surface area (Å²) in [6.07, 6.45) is 1.03. The normalized spacial score (nSPS) is 14.3. The average Bonchev–Trinajstić information content (AvgIpc) is 3.60. The van der Waals surface area contributed by atoms with E-state index in [2.05, 4.69) is 16.0 Å². The first-order valence-electron chi connectivity index (χ1n) is 11.9. The third-order valence-corrected chi connectivity index (χ3v) is 5.67. The molecule has 1 atom stereocenters. The Kier molecular flexibility index (Phi) is 7.95. The number of hydrogen-bond donors (Lipinski definition) is 4. The van der Waals surface area contributed by atoms with Crippen LogP contribution >= 0.6 is 0 Å². The number of nitrogens with one attached hydrogen (secondary N) is 3. The maximum atomic E-state index is 14.9. The summed E-state index contributed by atoms with van der Waals surface area (Å²) in [6.45, 7) is 9.56. The van der Waals surface area contributed by atoms with Crippen LogP contribution < -0.4 is 16.0 Å². The first-order chi connectivity index (χ1) is 16.4. The van der Waals surface area contributed by atoms with Crippen molar-refractivity contribution in [3.05, 3.63) is 58.4 Å². The van der Waals surface area contributed by atoms with Crippen molar-refractivity contribution in [3.8, 4) is 11.1 Å². The summed E-state index contributed by atoms with van der Waals surface area (Å²) in [6, 6.07) is 7.50. The molecule has 0 radical (unpaired) electrons. The van der Waals surface area contributed by atoms with Crippen molar-refractivity contribution in [2.75, 3.05) is 13.1 Å². The highest BCUT2D eigenvalue weighted by Gasteiger charge is 2.26. The highest BCUT2D eigenvalue weighted by Crippen LogP contribution is 2.31. The summed E-state index contributed by atoms with van der Waals surface area (Å²) in [5.41, 5.74) is 1.52. The zero-order valence-electron chi connectivity index (χ0n) is 20.9. The summed E-state index contributed by atoms with van der Waals surface area (Å²) < 4.78 is 14.9. The van der Waals surface area contributed by atoms with E-state index in [1.807, 2.05) is 20.8 Å². The lowest BCUT2D eigenvalue weighted by Gasteiger charge is -2.19. The third kappa shape index (κ3) is 7.11. The van der Waals surface area contributed by atoms with E-state index < -0.39 is 17.8 Å². The van der Waals surface area contributed by atoms with Crippen LogP contribution in [0.4, 0.5) is 4.39 Å². The fourth-order valence-corrected chi connectivity index (χ4v) is 3.48. The van der Waals surface area contributed by atoms with Gasteiger partial charge in [0, 0.05) is 35.8 Å². The van der Waals surface area contributed by atoms with Gasteiger partial charge in [-0.1, -0.05) is 26.8 Å². The number of benzene rings is 2. The molecule has 0 unspecified atom stereocenters. The first-order valence-corrected chi connectivity index (χ1v) is 11.9. The zero-order valence-corrected chi connectivity index (χ0v) is 20.9. The Hall–Kier alpha value is -3.26. The van der Waals surface area contributed by atoms with Gasteiger partial charge >= 0.3 is 0 Å². The quantitative estimate of drug-likeness (QED) is 0.460. The molecule has 4 N–H and O–H groups in total. The molecular weight excluding hydrogens is 449 g/mol. The maximum absolute atomic E-state index is 14.9. The van der Waals surface area contributed by atoms with Crippen molar-refractivity contribution in [1.29, 1.82) is 0 Å². The molecule has 0 aromatic heterocycles. The van der Waals surface area contributed by atoms with Crippen LogP contribution in [-0.4, -0.2) is 48.1 Å². The molecular formula is C27H34FN3O4. The van der Waals surface area contributed by atoms with Crippen molar-refractivity contribution < 1.29 is 23.9 Å². The van der Waals surface area contributed by atoms with Crippen LogP contribution in [0, 0.1) is 18.2 Å². The van der Waals surface area contributed by atoms with Crippen LogP contribution in [0.25, 0.3) is 11.1 Å². The lowest BCUT2D eigenvalue weighted by molar-refractivity contribution is 0.0922. The van der Waals surface area contributed by atoms with Crippen molar-refractivity contribution in [2.24, 2.45) is 5.41 Å². The number of carbonyl (C=O) groups is 3. The smallest absolute Gasteiger partial charge is 0.252 e. The summed E-state index contributed by atoms with van der Waals surface area (Å²) in [5.74, 6) is -1.78. The Labute approximate surface area is 205 Å². The minimum Gasteiger partial charge on any atom is -0.392 e. The van der Waals surface area contributed by atoms with Crippen molar-refractivity contribution in [1.82, 2.24) is 16.0 Å². The molecule has 0 spiro atoms. The number of halogens is 1. The van der Waals surface area contributed by atoms with E-state index in [4.69, 9.17) is 0 Å². The topological polar surface area (TPSA) is 108 Å². The van der Waals surface area contributed by atoms with E-state index in [0.29, 0.717) is 17.7 Å². The Balaban J connectivity index is 2.04. The largest absolute Gasteiger partial charge is 0.392 e. The van der Waals surface area contributed by atoms with Crippen molar-refractivity contribution in [2.45, 2.75) is 59.6 Å². The SMILES string of the molecule is Cc1c(F)cc(C(=O)NC2CC2)cc1-c1ccc(C(=O)NCC(C)(C)C)cc1C(=O)NC[C@@H](C)O. The number of hydrogen-bond acceptors (Lipinski definition) is 4. The van der Waals surface area contributed by atoms with Crippen LogP contribution in [0.15, 0.2) is 30.3 Å². The van der Waals surface area contributed by atoms with Crippen molar-refractivity contribution >= 4 is 17.7 Å². The Morgan fingerprint density at radius 3 is 2.29 bits per heavy atom. The molecule has 1 saturated carbocycles. The molecule has 0 heterocycles. The fraction of sp³-hybridized carbons (Fsp3) is 0.444. The summed E-state index contributed by atoms with van der Waals surface area (Å²) in [5, 5.41) is 18.0. The number of amides is 3. The molecule has 8 heteroatoms. The average molecular weight is 484 g/mol. The number of aliphatic hydroxyl groups excluding tert-OH is 1. The zero-order chi connectivity index (χ0) is 25.9. The summed E-state index contributed by atoms with van der Waals surface area (Å²) >= 11 is 0. The van der Waals surface area contributed by atoms with Gasteiger partial charge < -0.3 is 21.1 Å². The van der Waals surface area contributed by atoms with Crippen molar-refractivity contribution in [3.63, 3.8) is 0 Å². The molecule has 0 bridgehead atoms. The lowest BCUT2D eigenvalue weighted by atomic mass is 9.91. The van der Waals surface area contributed by atoms with Gasteiger partial charge in [0.1, 0.15) is 5.82 Å². The minimum atomic E-state index is -0.769. The molecule has 0 saturated heterocycles. The second kappa shape index (κ2) is 10.6. The van der Waals surface area contributed by atoms with E-state index in [-0.39, 0.29) is 52.1 Å². The number of aliphatic hydroxyl groups is 1. The Bertz CT molecular complexity index is 1130. The van der Waals surface area contributed by atoms with E-state index in [0.717, 1.165) is 12.8 Å². The predicted molar refractivity (Wildman–Crippen MR) is 133 cm³/mol. The van der Waals surface area contributed by atoms with Crippen LogP contribution in [0.1, 0.15) is 77.2 Å². The molecule has 1 fully saturated rings. The summed E-state index contributed by atoms with van der Waals surface area (Å²) in [7, 11) is 0. The van der Waals surface area contributed by atoms with Gasteiger partial charge in [-0.3, -0.25) is 14.4 Å². The highest BCUT2D eigenvalue weighted by atomic mass is 19.1. The van der Waals surface area contributed by atoms with Gasteiger partial charge in [0.15, 0.2) is 0 Å². The monoisotopic (exact) mass is 483 g/mol. The van der Waals surface area contributed by atoms with Gasteiger partial charge in [0.2, 0.25) is 0 Å². The standard InChI is InChI=1S/C27H34FN3O4/c1-15(32)13-29-26(35)22-10-17(24(33)30-14-27(3,4)5)6-9-20(22)21-11-18(12-23(28)16(21)2)25(34)31-19-7-8-19/h6,9-12,15,19,32H,7-8,13-14H2,1-5H3,(H,29,35)(H,30,33)(H,31,34)/t15-/m1/s1. The van der Waals surface area contributed by atoms with Crippen LogP contribution in [0.3, 0.4) is 0 Å². The van der Waals surface area contributed by atoms with E-state index in [1.165, 1.54) is 12.1 Å². The molecule has 3 rings (SSSR count). The van der Waals surface area contributed by atoms with Crippen LogP contribution in [0.5, 0.6) is 0 Å². The van der Waals surface area contributed by atoms with Crippen LogP contribution in [0.2, 0.25) is 0 Å². The second-order valence-electron chi connectivity index (χ2n) is 10.4. The molecule has 7 nitrogen and oxygen atoms in total. The Morgan fingerprint density at radius 1 is 1.00 bits per heavy atom. The van der Waals surface area contributed by atoms with Crippen LogP contribution in [-0.2, 0) is 0 Å². The Morgan fingerprint density at radius 2 is 1.69 bits per heavy atom. The number of carbonyl (C=O) groups excluding carboxylic acids is 3. The van der Waals surface area contributed by atoms with Gasteiger partial charge in [-0.15, -0.1) is 0 Å². The predicted octanol–water partition coefficient (Wildman–Crippen LogP) is 3.58. The fourth-order valence-electron chi connectivity index (χ4n) is 3.48. The molecule has 1 aliphatic rings. The highest BCUT2D eigenvalue weighted by molar-refractivity contribution is 6.05. The summed E-state index contributed by atoms with van der Waals surface area (Å²) in [4.78, 5) is 38.4. The molecule has 2 aromatic rings. The van der Waals surface area contributed by atoms with Gasteiger partial charge in [0.05, 0.1) is 6.10 Å². The van der Waals surface area contributed by atoms with Gasteiger partial charge in [-0.05, 0) is 73.1 Å². The first kappa shape index (κ1) is 26.3. The van der Waals surface area contributed by atoms with Gasteiger partial charge in [-0.25, -0.2) is 4.39 Å². The lowest BCUT2D eigenvalue weighted by Crippen LogP contribution is -2.33. The molecule has 0 aliphatic heterocycles. The van der Waals surface area contributed by atoms with Gasteiger partial charge in [-0.2, -0.15) is 0 Å². The van der Waals surface area contributed by atoms with Gasteiger partial charge in [0.25, 0.3) is 17.7 Å². The maximum Gasteiger partial charge on any atom is 0.252 e. The third-order valence-electron chi connectivity index (χ3n) is 5.67. The molecule has 35 heavy (non-hydrogen) atoms.